The number of carbonyl (C=O) groups excluding carboxylic acids is 2. The van der Waals surface area contributed by atoms with E-state index in [9.17, 15) is 9.59 Å². The smallest absolute Gasteiger partial charge is 0.235 e. The van der Waals surface area contributed by atoms with Crippen LogP contribution in [-0.2, 0) is 20.7 Å². The van der Waals surface area contributed by atoms with E-state index < -0.39 is 0 Å². The Morgan fingerprint density at radius 1 is 1.31 bits per heavy atom. The molecule has 1 aliphatic heterocycles. The molecule has 0 aromatic heterocycles. The molecule has 26 heavy (non-hydrogen) atoms. The van der Waals surface area contributed by atoms with Crippen molar-refractivity contribution >= 4 is 23.4 Å². The third kappa shape index (κ3) is 4.98. The molecule has 0 bridgehead atoms. The summed E-state index contributed by atoms with van der Waals surface area (Å²) < 4.78 is 5.75. The van der Waals surface area contributed by atoms with Crippen LogP contribution >= 0.6 is 11.6 Å². The molecule has 2 amide bonds. The van der Waals surface area contributed by atoms with Gasteiger partial charge in [0.15, 0.2) is 0 Å². The van der Waals surface area contributed by atoms with Crippen LogP contribution in [0.2, 0.25) is 0 Å². The monoisotopic (exact) mass is 378 g/mol. The highest BCUT2D eigenvalue weighted by Gasteiger charge is 2.26. The van der Waals surface area contributed by atoms with E-state index in [1.165, 1.54) is 11.1 Å². The molecule has 1 heterocycles. The second-order valence-corrected chi connectivity index (χ2v) is 7.36. The summed E-state index contributed by atoms with van der Waals surface area (Å²) in [7, 11) is 0. The first-order chi connectivity index (χ1) is 12.7. The zero-order valence-electron chi connectivity index (χ0n) is 15.1. The first kappa shape index (κ1) is 19.2. The van der Waals surface area contributed by atoms with Crippen molar-refractivity contribution in [2.45, 2.75) is 44.1 Å². The van der Waals surface area contributed by atoms with Gasteiger partial charge in [0.25, 0.3) is 0 Å². The molecule has 0 spiro atoms. The Balaban J connectivity index is 1.49. The molecule has 1 aliphatic carbocycles. The van der Waals surface area contributed by atoms with Crippen molar-refractivity contribution < 1.29 is 14.3 Å². The number of carbonyl (C=O) groups is 2. The average Bonchev–Trinajstić information content (AvgIpc) is 2.92. The largest absolute Gasteiger partial charge is 0.374 e. The van der Waals surface area contributed by atoms with Gasteiger partial charge in [-0.2, -0.15) is 0 Å². The van der Waals surface area contributed by atoms with Crippen molar-refractivity contribution in [2.24, 2.45) is 0 Å². The fourth-order valence-electron chi connectivity index (χ4n) is 3.92. The molecule has 2 unspecified atom stereocenters. The summed E-state index contributed by atoms with van der Waals surface area (Å²) in [5, 5.41) is 2.74. The molecule has 0 radical (unpaired) electrons. The van der Waals surface area contributed by atoms with E-state index in [-0.39, 0.29) is 23.8 Å². The molecule has 2 aliphatic rings. The minimum atomic E-state index is -0.211. The Morgan fingerprint density at radius 2 is 2.15 bits per heavy atom. The predicted molar refractivity (Wildman–Crippen MR) is 101 cm³/mol. The SMILES string of the molecule is O=C(CCl)NCC1CN(C(=O)CCC2CCc3ccccc32)CCCO1. The second kappa shape index (κ2) is 9.38. The van der Waals surface area contributed by atoms with E-state index in [1.54, 1.807) is 0 Å². The van der Waals surface area contributed by atoms with Gasteiger partial charge in [-0.3, -0.25) is 9.59 Å². The fraction of sp³-hybridized carbons (Fsp3) is 0.600. The normalized spacial score (nSPS) is 22.6. The number of halogens is 1. The topological polar surface area (TPSA) is 58.6 Å². The number of amides is 2. The molecule has 1 saturated heterocycles. The number of aryl methyl sites for hydroxylation is 1. The van der Waals surface area contributed by atoms with Crippen molar-refractivity contribution in [2.75, 3.05) is 32.1 Å². The number of fused-ring (bicyclic) bond motifs is 1. The van der Waals surface area contributed by atoms with Crippen LogP contribution in [0.25, 0.3) is 0 Å². The van der Waals surface area contributed by atoms with E-state index in [2.05, 4.69) is 29.6 Å². The molecule has 0 saturated carbocycles. The minimum absolute atomic E-state index is 0.0573. The lowest BCUT2D eigenvalue weighted by atomic mass is 9.96. The predicted octanol–water partition coefficient (Wildman–Crippen LogP) is 2.47. The van der Waals surface area contributed by atoms with Gasteiger partial charge in [0, 0.05) is 32.7 Å². The number of hydrogen-bond donors (Lipinski definition) is 1. The Morgan fingerprint density at radius 3 is 3.00 bits per heavy atom. The number of rotatable bonds is 6. The maximum absolute atomic E-state index is 12.7. The molecule has 1 aromatic rings. The molecular weight excluding hydrogens is 352 g/mol. The quantitative estimate of drug-likeness (QED) is 0.773. The maximum Gasteiger partial charge on any atom is 0.235 e. The van der Waals surface area contributed by atoms with Crippen molar-refractivity contribution in [3.05, 3.63) is 35.4 Å². The van der Waals surface area contributed by atoms with Crippen molar-refractivity contribution in [3.63, 3.8) is 0 Å². The second-order valence-electron chi connectivity index (χ2n) is 7.10. The summed E-state index contributed by atoms with van der Waals surface area (Å²) in [5.41, 5.74) is 2.85. The standard InChI is InChI=1S/C20H27ClN2O3/c21-12-19(24)22-13-17-14-23(10-3-11-26-17)20(25)9-8-16-7-6-15-4-1-2-5-18(15)16/h1-2,4-5,16-17H,3,6-14H2,(H,22,24). The van der Waals surface area contributed by atoms with Crippen LogP contribution in [-0.4, -0.2) is 54.9 Å². The summed E-state index contributed by atoms with van der Waals surface area (Å²) >= 11 is 5.50. The lowest BCUT2D eigenvalue weighted by Crippen LogP contribution is -2.42. The van der Waals surface area contributed by atoms with Gasteiger partial charge < -0.3 is 15.0 Å². The van der Waals surface area contributed by atoms with E-state index in [0.29, 0.717) is 32.0 Å². The number of alkyl halides is 1. The number of ether oxygens (including phenoxy) is 1. The highest BCUT2D eigenvalue weighted by Crippen LogP contribution is 2.36. The van der Waals surface area contributed by atoms with Crippen LogP contribution in [0.3, 0.4) is 0 Å². The highest BCUT2D eigenvalue weighted by molar-refractivity contribution is 6.27. The number of nitrogens with one attached hydrogen (secondary N) is 1. The van der Waals surface area contributed by atoms with Crippen molar-refractivity contribution in [1.82, 2.24) is 10.2 Å². The summed E-state index contributed by atoms with van der Waals surface area (Å²) in [4.78, 5) is 25.9. The van der Waals surface area contributed by atoms with Gasteiger partial charge in [0.1, 0.15) is 5.88 Å². The molecule has 142 valence electrons. The zero-order valence-corrected chi connectivity index (χ0v) is 15.8. The number of hydrogen-bond acceptors (Lipinski definition) is 3. The van der Waals surface area contributed by atoms with Crippen molar-refractivity contribution in [1.29, 1.82) is 0 Å². The summed E-state index contributed by atoms with van der Waals surface area (Å²) in [6.45, 7) is 2.26. The van der Waals surface area contributed by atoms with Crippen LogP contribution in [0.5, 0.6) is 0 Å². The Kier molecular flexibility index (Phi) is 6.92. The summed E-state index contributed by atoms with van der Waals surface area (Å²) in [5.74, 6) is 0.418. The molecule has 1 N–H and O–H groups in total. The average molecular weight is 379 g/mol. The van der Waals surface area contributed by atoms with Gasteiger partial charge in [-0.25, -0.2) is 0 Å². The van der Waals surface area contributed by atoms with E-state index in [1.807, 2.05) is 4.90 Å². The Bertz CT molecular complexity index is 637. The van der Waals surface area contributed by atoms with Gasteiger partial charge >= 0.3 is 0 Å². The summed E-state index contributed by atoms with van der Waals surface area (Å²) in [6, 6.07) is 8.58. The lowest BCUT2D eigenvalue weighted by Gasteiger charge is -2.25. The van der Waals surface area contributed by atoms with Gasteiger partial charge in [0.05, 0.1) is 6.10 Å². The van der Waals surface area contributed by atoms with Crippen LogP contribution in [0.15, 0.2) is 24.3 Å². The lowest BCUT2D eigenvalue weighted by molar-refractivity contribution is -0.132. The van der Waals surface area contributed by atoms with Gasteiger partial charge in [-0.1, -0.05) is 24.3 Å². The van der Waals surface area contributed by atoms with Crippen molar-refractivity contribution in [3.8, 4) is 0 Å². The van der Waals surface area contributed by atoms with E-state index in [0.717, 1.165) is 32.2 Å². The molecule has 3 rings (SSSR count). The van der Waals surface area contributed by atoms with Crippen LogP contribution < -0.4 is 5.32 Å². The number of nitrogens with zero attached hydrogens (tertiary/aromatic N) is 1. The first-order valence-electron chi connectivity index (χ1n) is 9.47. The van der Waals surface area contributed by atoms with Crippen LogP contribution in [0.1, 0.15) is 42.7 Å². The Hall–Kier alpha value is -1.59. The number of benzene rings is 1. The van der Waals surface area contributed by atoms with Gasteiger partial charge in [-0.15, -0.1) is 11.6 Å². The molecule has 6 heteroatoms. The first-order valence-corrected chi connectivity index (χ1v) is 10.0. The molecular formula is C20H27ClN2O3. The van der Waals surface area contributed by atoms with Crippen LogP contribution in [0.4, 0.5) is 0 Å². The molecule has 5 nitrogen and oxygen atoms in total. The van der Waals surface area contributed by atoms with E-state index in [4.69, 9.17) is 16.3 Å². The third-order valence-corrected chi connectivity index (χ3v) is 5.56. The highest BCUT2D eigenvalue weighted by atomic mass is 35.5. The van der Waals surface area contributed by atoms with Gasteiger partial charge in [-0.05, 0) is 42.7 Å². The summed E-state index contributed by atoms with van der Waals surface area (Å²) in [6.07, 6.45) is 4.40. The van der Waals surface area contributed by atoms with Crippen LogP contribution in [0, 0.1) is 0 Å². The minimum Gasteiger partial charge on any atom is -0.374 e. The van der Waals surface area contributed by atoms with Gasteiger partial charge in [0.2, 0.25) is 11.8 Å². The maximum atomic E-state index is 12.7. The molecule has 1 aromatic carbocycles. The fourth-order valence-corrected chi connectivity index (χ4v) is 4.02. The third-order valence-electron chi connectivity index (χ3n) is 5.31. The van der Waals surface area contributed by atoms with E-state index >= 15 is 0 Å². The Labute approximate surface area is 160 Å². The molecule has 2 atom stereocenters. The zero-order chi connectivity index (χ0) is 18.4. The molecule has 1 fully saturated rings.